The first-order chi connectivity index (χ1) is 10.6. The Kier molecular flexibility index (Phi) is 5.55. The predicted molar refractivity (Wildman–Crippen MR) is 87.5 cm³/mol. The molecule has 0 fully saturated rings. The Balaban J connectivity index is 1.99. The number of hydrogen-bond donors (Lipinski definition) is 1. The Bertz CT molecular complexity index is 596. The lowest BCUT2D eigenvalue weighted by Crippen LogP contribution is -2.35. The van der Waals surface area contributed by atoms with Gasteiger partial charge in [-0.05, 0) is 30.2 Å². The van der Waals surface area contributed by atoms with E-state index in [-0.39, 0.29) is 5.91 Å². The van der Waals surface area contributed by atoms with Crippen LogP contribution in [0.1, 0.15) is 24.1 Å². The van der Waals surface area contributed by atoms with E-state index in [4.69, 9.17) is 10.5 Å². The lowest BCUT2D eigenvalue weighted by atomic mass is 10.1. The average molecular weight is 298 g/mol. The van der Waals surface area contributed by atoms with Crippen LogP contribution in [0.5, 0.6) is 5.75 Å². The summed E-state index contributed by atoms with van der Waals surface area (Å²) in [5.41, 5.74) is 7.91. The molecule has 0 saturated carbocycles. The molecule has 0 radical (unpaired) electrons. The van der Waals surface area contributed by atoms with Gasteiger partial charge in [0.2, 0.25) is 5.91 Å². The minimum atomic E-state index is -0.631. The summed E-state index contributed by atoms with van der Waals surface area (Å²) in [5, 5.41) is 0. The molecule has 1 atom stereocenters. The smallest absolute Gasteiger partial charge is 0.244 e. The third-order valence-electron chi connectivity index (χ3n) is 3.46. The van der Waals surface area contributed by atoms with E-state index < -0.39 is 6.04 Å². The summed E-state index contributed by atoms with van der Waals surface area (Å²) >= 11 is 0. The fourth-order valence-corrected chi connectivity index (χ4v) is 2.25. The number of likely N-dealkylation sites (N-methyl/N-ethyl adjacent to an activating group) is 1. The largest absolute Gasteiger partial charge is 0.494 e. The van der Waals surface area contributed by atoms with Crippen molar-refractivity contribution in [1.82, 2.24) is 4.90 Å². The number of amides is 1. The number of carbonyl (C=O) groups excluding carboxylic acids is 1. The Hall–Kier alpha value is -2.33. The third-order valence-corrected chi connectivity index (χ3v) is 3.46. The molecule has 0 spiro atoms. The van der Waals surface area contributed by atoms with Crippen LogP contribution in [0.3, 0.4) is 0 Å². The van der Waals surface area contributed by atoms with Crippen molar-refractivity contribution in [2.75, 3.05) is 13.7 Å². The number of benzene rings is 2. The van der Waals surface area contributed by atoms with E-state index in [9.17, 15) is 4.79 Å². The highest BCUT2D eigenvalue weighted by Gasteiger charge is 2.19. The predicted octanol–water partition coefficient (Wildman–Crippen LogP) is 2.74. The molecule has 0 aliphatic heterocycles. The first-order valence-corrected chi connectivity index (χ1v) is 7.39. The number of hydrogen-bond acceptors (Lipinski definition) is 3. The average Bonchev–Trinajstić information content (AvgIpc) is 2.56. The molecule has 116 valence electrons. The summed E-state index contributed by atoms with van der Waals surface area (Å²) in [5.74, 6) is 0.737. The minimum absolute atomic E-state index is 0.0971. The molecule has 1 amide bonds. The zero-order valence-electron chi connectivity index (χ0n) is 13.0. The van der Waals surface area contributed by atoms with Crippen LogP contribution in [0.25, 0.3) is 0 Å². The molecule has 4 nitrogen and oxygen atoms in total. The molecule has 2 rings (SSSR count). The number of nitrogens with zero attached hydrogens (tertiary/aromatic N) is 1. The van der Waals surface area contributed by atoms with Gasteiger partial charge in [0, 0.05) is 13.6 Å². The lowest BCUT2D eigenvalue weighted by molar-refractivity contribution is -0.131. The van der Waals surface area contributed by atoms with E-state index in [1.165, 1.54) is 0 Å². The van der Waals surface area contributed by atoms with E-state index in [0.717, 1.165) is 16.9 Å². The standard InChI is InChI=1S/C18H22N2O2/c1-3-22-16-11-9-14(10-12-16)13-20(2)18(21)17(19)15-7-5-4-6-8-15/h4-12,17H,3,13,19H2,1-2H3. The van der Waals surface area contributed by atoms with Gasteiger partial charge in [0.05, 0.1) is 6.61 Å². The zero-order chi connectivity index (χ0) is 15.9. The van der Waals surface area contributed by atoms with Gasteiger partial charge in [-0.3, -0.25) is 4.79 Å². The Labute approximate surface area is 131 Å². The van der Waals surface area contributed by atoms with Crippen molar-refractivity contribution in [1.29, 1.82) is 0 Å². The van der Waals surface area contributed by atoms with E-state index >= 15 is 0 Å². The van der Waals surface area contributed by atoms with Gasteiger partial charge in [-0.2, -0.15) is 0 Å². The molecule has 22 heavy (non-hydrogen) atoms. The van der Waals surface area contributed by atoms with Crippen molar-refractivity contribution in [2.45, 2.75) is 19.5 Å². The summed E-state index contributed by atoms with van der Waals surface area (Å²) in [6.07, 6.45) is 0. The summed E-state index contributed by atoms with van der Waals surface area (Å²) in [7, 11) is 1.77. The van der Waals surface area contributed by atoms with Gasteiger partial charge >= 0.3 is 0 Å². The van der Waals surface area contributed by atoms with Gasteiger partial charge in [0.1, 0.15) is 11.8 Å². The third kappa shape index (κ3) is 4.09. The highest BCUT2D eigenvalue weighted by atomic mass is 16.5. The summed E-state index contributed by atoms with van der Waals surface area (Å²) in [6, 6.07) is 16.5. The number of ether oxygens (including phenoxy) is 1. The SMILES string of the molecule is CCOc1ccc(CN(C)C(=O)C(N)c2ccccc2)cc1. The molecule has 0 aliphatic carbocycles. The first-order valence-electron chi connectivity index (χ1n) is 7.39. The van der Waals surface area contributed by atoms with Crippen LogP contribution >= 0.6 is 0 Å². The maximum Gasteiger partial charge on any atom is 0.244 e. The normalized spacial score (nSPS) is 11.8. The molecule has 0 saturated heterocycles. The van der Waals surface area contributed by atoms with Crippen molar-refractivity contribution < 1.29 is 9.53 Å². The first kappa shape index (κ1) is 16.0. The molecular formula is C18H22N2O2. The molecule has 2 aromatic rings. The number of rotatable bonds is 6. The minimum Gasteiger partial charge on any atom is -0.494 e. The lowest BCUT2D eigenvalue weighted by Gasteiger charge is -2.21. The Morgan fingerprint density at radius 2 is 1.77 bits per heavy atom. The fourth-order valence-electron chi connectivity index (χ4n) is 2.25. The van der Waals surface area contributed by atoms with Crippen molar-refractivity contribution >= 4 is 5.91 Å². The fraction of sp³-hybridized carbons (Fsp3) is 0.278. The molecule has 0 heterocycles. The van der Waals surface area contributed by atoms with Gasteiger partial charge in [-0.25, -0.2) is 0 Å². The van der Waals surface area contributed by atoms with E-state index in [2.05, 4.69) is 0 Å². The molecular weight excluding hydrogens is 276 g/mol. The van der Waals surface area contributed by atoms with Crippen molar-refractivity contribution in [3.63, 3.8) is 0 Å². The maximum absolute atomic E-state index is 12.4. The summed E-state index contributed by atoms with van der Waals surface area (Å²) in [4.78, 5) is 14.0. The molecule has 0 aliphatic rings. The number of carbonyl (C=O) groups is 1. The Morgan fingerprint density at radius 1 is 1.14 bits per heavy atom. The molecule has 0 aromatic heterocycles. The van der Waals surface area contributed by atoms with Gasteiger partial charge in [-0.15, -0.1) is 0 Å². The molecule has 2 aromatic carbocycles. The second-order valence-electron chi connectivity index (χ2n) is 5.16. The number of nitrogens with two attached hydrogens (primary N) is 1. The monoisotopic (exact) mass is 298 g/mol. The van der Waals surface area contributed by atoms with Gasteiger partial charge in [-0.1, -0.05) is 42.5 Å². The van der Waals surface area contributed by atoms with Crippen LogP contribution in [0.4, 0.5) is 0 Å². The molecule has 1 unspecified atom stereocenters. The Morgan fingerprint density at radius 3 is 2.36 bits per heavy atom. The molecule has 2 N–H and O–H groups in total. The van der Waals surface area contributed by atoms with Crippen LogP contribution in [0.15, 0.2) is 54.6 Å². The van der Waals surface area contributed by atoms with Crippen LogP contribution in [0.2, 0.25) is 0 Å². The topological polar surface area (TPSA) is 55.6 Å². The van der Waals surface area contributed by atoms with Crippen LogP contribution in [-0.2, 0) is 11.3 Å². The van der Waals surface area contributed by atoms with Crippen LogP contribution in [-0.4, -0.2) is 24.5 Å². The van der Waals surface area contributed by atoms with E-state index in [1.54, 1.807) is 11.9 Å². The molecule has 0 bridgehead atoms. The van der Waals surface area contributed by atoms with Crippen molar-refractivity contribution in [3.8, 4) is 5.75 Å². The van der Waals surface area contributed by atoms with Gasteiger partial charge in [0.25, 0.3) is 0 Å². The zero-order valence-corrected chi connectivity index (χ0v) is 13.0. The van der Waals surface area contributed by atoms with Crippen LogP contribution < -0.4 is 10.5 Å². The van der Waals surface area contributed by atoms with E-state index in [1.807, 2.05) is 61.5 Å². The highest BCUT2D eigenvalue weighted by Crippen LogP contribution is 2.16. The summed E-state index contributed by atoms with van der Waals surface area (Å²) < 4.78 is 5.41. The van der Waals surface area contributed by atoms with E-state index in [0.29, 0.717) is 13.2 Å². The van der Waals surface area contributed by atoms with Crippen molar-refractivity contribution in [2.24, 2.45) is 5.73 Å². The molecule has 4 heteroatoms. The quantitative estimate of drug-likeness (QED) is 0.892. The second-order valence-corrected chi connectivity index (χ2v) is 5.16. The summed E-state index contributed by atoms with van der Waals surface area (Å²) in [6.45, 7) is 3.11. The highest BCUT2D eigenvalue weighted by molar-refractivity contribution is 5.82. The van der Waals surface area contributed by atoms with Crippen LogP contribution in [0, 0.1) is 0 Å². The second kappa shape index (κ2) is 7.61. The van der Waals surface area contributed by atoms with Gasteiger partial charge < -0.3 is 15.4 Å². The van der Waals surface area contributed by atoms with Gasteiger partial charge in [0.15, 0.2) is 0 Å². The van der Waals surface area contributed by atoms with Crippen molar-refractivity contribution in [3.05, 3.63) is 65.7 Å². The maximum atomic E-state index is 12.4.